The molecular formula is C8H15NO3. The minimum atomic E-state index is -0.565. The predicted molar refractivity (Wildman–Crippen MR) is 45.2 cm³/mol. The van der Waals surface area contributed by atoms with Crippen LogP contribution in [-0.2, 0) is 9.63 Å². The average molecular weight is 173 g/mol. The SMILES string of the molecule is C=CCCC(=O)NOC[C@H](C)O. The van der Waals surface area contributed by atoms with Crippen molar-refractivity contribution in [3.8, 4) is 0 Å². The standard InChI is InChI=1S/C8H15NO3/c1-3-4-5-8(11)9-12-6-7(2)10/h3,7,10H,1,4-6H2,2H3,(H,9,11)/t7-/m0/s1. The van der Waals surface area contributed by atoms with Crippen LogP contribution in [0.15, 0.2) is 12.7 Å². The number of amides is 1. The van der Waals surface area contributed by atoms with Gasteiger partial charge in [-0.3, -0.25) is 9.63 Å². The second-order valence-electron chi connectivity index (χ2n) is 2.51. The summed E-state index contributed by atoms with van der Waals surface area (Å²) in [6, 6.07) is 0. The molecule has 1 atom stereocenters. The second kappa shape index (κ2) is 6.82. The number of hydrogen-bond acceptors (Lipinski definition) is 3. The molecule has 70 valence electrons. The molecule has 12 heavy (non-hydrogen) atoms. The summed E-state index contributed by atoms with van der Waals surface area (Å²) in [6.07, 6.45) is 2.09. The molecule has 0 aliphatic rings. The third kappa shape index (κ3) is 7.24. The van der Waals surface area contributed by atoms with Crippen LogP contribution < -0.4 is 5.48 Å². The Morgan fingerprint density at radius 3 is 3.00 bits per heavy atom. The number of allylic oxidation sites excluding steroid dienone is 1. The number of aliphatic hydroxyl groups is 1. The van der Waals surface area contributed by atoms with Gasteiger partial charge in [-0.2, -0.15) is 0 Å². The lowest BCUT2D eigenvalue weighted by molar-refractivity contribution is -0.135. The van der Waals surface area contributed by atoms with Gasteiger partial charge in [-0.15, -0.1) is 6.58 Å². The summed E-state index contributed by atoms with van der Waals surface area (Å²) in [7, 11) is 0. The Kier molecular flexibility index (Phi) is 6.32. The molecule has 0 aromatic carbocycles. The van der Waals surface area contributed by atoms with E-state index in [0.717, 1.165) is 0 Å². The van der Waals surface area contributed by atoms with Crippen molar-refractivity contribution in [3.63, 3.8) is 0 Å². The van der Waals surface area contributed by atoms with E-state index in [4.69, 9.17) is 5.11 Å². The molecule has 2 N–H and O–H groups in total. The number of aliphatic hydroxyl groups excluding tert-OH is 1. The lowest BCUT2D eigenvalue weighted by Gasteiger charge is -2.06. The molecule has 0 saturated carbocycles. The monoisotopic (exact) mass is 173 g/mol. The van der Waals surface area contributed by atoms with Crippen molar-refractivity contribution in [3.05, 3.63) is 12.7 Å². The van der Waals surface area contributed by atoms with Gasteiger partial charge in [0.2, 0.25) is 5.91 Å². The molecule has 4 heteroatoms. The fraction of sp³-hybridized carbons (Fsp3) is 0.625. The largest absolute Gasteiger partial charge is 0.391 e. The van der Waals surface area contributed by atoms with E-state index in [1.807, 2.05) is 0 Å². The van der Waals surface area contributed by atoms with E-state index in [1.165, 1.54) is 0 Å². The third-order valence-corrected chi connectivity index (χ3v) is 1.09. The maximum Gasteiger partial charge on any atom is 0.243 e. The van der Waals surface area contributed by atoms with Gasteiger partial charge >= 0.3 is 0 Å². The van der Waals surface area contributed by atoms with Crippen molar-refractivity contribution in [1.82, 2.24) is 5.48 Å². The summed E-state index contributed by atoms with van der Waals surface area (Å²) >= 11 is 0. The molecule has 0 aliphatic heterocycles. The van der Waals surface area contributed by atoms with E-state index in [-0.39, 0.29) is 12.5 Å². The van der Waals surface area contributed by atoms with Crippen LogP contribution in [0.4, 0.5) is 0 Å². The molecule has 0 bridgehead atoms. The van der Waals surface area contributed by atoms with Crippen molar-refractivity contribution >= 4 is 5.91 Å². The molecular weight excluding hydrogens is 158 g/mol. The highest BCUT2D eigenvalue weighted by Gasteiger charge is 2.00. The van der Waals surface area contributed by atoms with Crippen LogP contribution in [-0.4, -0.2) is 23.7 Å². The van der Waals surface area contributed by atoms with Crippen molar-refractivity contribution < 1.29 is 14.7 Å². The molecule has 0 rings (SSSR count). The normalized spacial score (nSPS) is 12.2. The van der Waals surface area contributed by atoms with Crippen LogP contribution in [0.25, 0.3) is 0 Å². The second-order valence-corrected chi connectivity index (χ2v) is 2.51. The first-order valence-electron chi connectivity index (χ1n) is 3.86. The van der Waals surface area contributed by atoms with E-state index in [2.05, 4.69) is 16.9 Å². The first-order chi connectivity index (χ1) is 5.66. The number of carbonyl (C=O) groups excluding carboxylic acids is 1. The molecule has 1 amide bonds. The lowest BCUT2D eigenvalue weighted by Crippen LogP contribution is -2.26. The highest BCUT2D eigenvalue weighted by molar-refractivity contribution is 5.74. The van der Waals surface area contributed by atoms with E-state index in [0.29, 0.717) is 12.8 Å². The molecule has 0 fully saturated rings. The fourth-order valence-electron chi connectivity index (χ4n) is 0.527. The smallest absolute Gasteiger partial charge is 0.243 e. The summed E-state index contributed by atoms with van der Waals surface area (Å²) < 4.78 is 0. The van der Waals surface area contributed by atoms with Crippen LogP contribution in [0.1, 0.15) is 19.8 Å². The Morgan fingerprint density at radius 1 is 1.83 bits per heavy atom. The molecule has 0 spiro atoms. The maximum atomic E-state index is 10.8. The van der Waals surface area contributed by atoms with Gasteiger partial charge in [-0.25, -0.2) is 5.48 Å². The Labute approximate surface area is 72.2 Å². The zero-order chi connectivity index (χ0) is 9.40. The molecule has 0 aromatic heterocycles. The molecule has 0 heterocycles. The summed E-state index contributed by atoms with van der Waals surface area (Å²) in [5.41, 5.74) is 2.20. The van der Waals surface area contributed by atoms with Crippen molar-refractivity contribution in [2.75, 3.05) is 6.61 Å². The van der Waals surface area contributed by atoms with Gasteiger partial charge in [0.25, 0.3) is 0 Å². The van der Waals surface area contributed by atoms with Crippen molar-refractivity contribution in [2.45, 2.75) is 25.9 Å². The minimum Gasteiger partial charge on any atom is -0.391 e. The van der Waals surface area contributed by atoms with Crippen molar-refractivity contribution in [2.24, 2.45) is 0 Å². The number of rotatable bonds is 6. The van der Waals surface area contributed by atoms with Gasteiger partial charge in [0.05, 0.1) is 6.10 Å². The lowest BCUT2D eigenvalue weighted by atomic mass is 10.3. The Morgan fingerprint density at radius 2 is 2.50 bits per heavy atom. The van der Waals surface area contributed by atoms with Crippen LogP contribution in [0.5, 0.6) is 0 Å². The van der Waals surface area contributed by atoms with Gasteiger partial charge in [-0.05, 0) is 13.3 Å². The summed E-state index contributed by atoms with van der Waals surface area (Å²) in [5, 5.41) is 8.75. The van der Waals surface area contributed by atoms with Gasteiger partial charge in [0, 0.05) is 6.42 Å². The highest BCUT2D eigenvalue weighted by atomic mass is 16.7. The minimum absolute atomic E-state index is 0.111. The number of hydroxylamine groups is 1. The topological polar surface area (TPSA) is 58.6 Å². The molecule has 0 aromatic rings. The zero-order valence-corrected chi connectivity index (χ0v) is 7.25. The third-order valence-electron chi connectivity index (χ3n) is 1.09. The van der Waals surface area contributed by atoms with E-state index in [1.54, 1.807) is 13.0 Å². The molecule has 0 aliphatic carbocycles. The van der Waals surface area contributed by atoms with Gasteiger partial charge in [0.15, 0.2) is 0 Å². The molecule has 0 saturated heterocycles. The fourth-order valence-corrected chi connectivity index (χ4v) is 0.527. The Bertz CT molecular complexity index is 145. The van der Waals surface area contributed by atoms with Crippen LogP contribution >= 0.6 is 0 Å². The van der Waals surface area contributed by atoms with E-state index in [9.17, 15) is 4.79 Å². The van der Waals surface area contributed by atoms with Crippen LogP contribution in [0.3, 0.4) is 0 Å². The summed E-state index contributed by atoms with van der Waals surface area (Å²) in [5.74, 6) is -0.199. The summed E-state index contributed by atoms with van der Waals surface area (Å²) in [6.45, 7) is 5.17. The quantitative estimate of drug-likeness (QED) is 0.451. The summed E-state index contributed by atoms with van der Waals surface area (Å²) in [4.78, 5) is 15.5. The molecule has 4 nitrogen and oxygen atoms in total. The number of nitrogens with one attached hydrogen (secondary N) is 1. The zero-order valence-electron chi connectivity index (χ0n) is 7.25. The van der Waals surface area contributed by atoms with E-state index >= 15 is 0 Å². The maximum absolute atomic E-state index is 10.8. The van der Waals surface area contributed by atoms with Gasteiger partial charge in [-0.1, -0.05) is 6.08 Å². The average Bonchev–Trinajstić information content (AvgIpc) is 2.00. The van der Waals surface area contributed by atoms with Crippen LogP contribution in [0.2, 0.25) is 0 Å². The van der Waals surface area contributed by atoms with Gasteiger partial charge < -0.3 is 5.11 Å². The highest BCUT2D eigenvalue weighted by Crippen LogP contribution is 1.88. The van der Waals surface area contributed by atoms with E-state index < -0.39 is 6.10 Å². The first-order valence-corrected chi connectivity index (χ1v) is 3.86. The van der Waals surface area contributed by atoms with Crippen LogP contribution in [0, 0.1) is 0 Å². The Balaban J connectivity index is 3.25. The van der Waals surface area contributed by atoms with Crippen molar-refractivity contribution in [1.29, 1.82) is 0 Å². The predicted octanol–water partition coefficient (Wildman–Crippen LogP) is 0.381. The number of carbonyl (C=O) groups is 1. The first kappa shape index (κ1) is 11.1. The Hall–Kier alpha value is -0.870. The number of hydrogen-bond donors (Lipinski definition) is 2. The molecule has 0 unspecified atom stereocenters. The van der Waals surface area contributed by atoms with Gasteiger partial charge in [0.1, 0.15) is 6.61 Å². The molecule has 0 radical (unpaired) electrons.